The predicted molar refractivity (Wildman–Crippen MR) is 107 cm³/mol. The molecule has 0 saturated carbocycles. The first-order valence-electron chi connectivity index (χ1n) is 8.13. The van der Waals surface area contributed by atoms with E-state index in [2.05, 4.69) is 21.2 Å². The Morgan fingerprint density at radius 1 is 1.12 bits per heavy atom. The molecule has 0 aliphatic carbocycles. The van der Waals surface area contributed by atoms with Gasteiger partial charge in [-0.25, -0.2) is 0 Å². The summed E-state index contributed by atoms with van der Waals surface area (Å²) in [4.78, 5) is 15.6. The number of carbonyl (C=O) groups is 1. The van der Waals surface area contributed by atoms with Crippen LogP contribution in [0.25, 0.3) is 10.9 Å². The van der Waals surface area contributed by atoms with E-state index >= 15 is 0 Å². The molecular weight excluding hydrogens is 348 g/mol. The summed E-state index contributed by atoms with van der Waals surface area (Å²) in [5.74, 6) is 0.486. The number of hydrogen-bond donors (Lipinski definition) is 4. The van der Waals surface area contributed by atoms with E-state index in [4.69, 9.17) is 17.0 Å². The van der Waals surface area contributed by atoms with Crippen molar-refractivity contribution in [3.05, 3.63) is 59.8 Å². The number of amides is 1. The number of para-hydroxylation sites is 3. The molecule has 6 nitrogen and oxygen atoms in total. The molecular formula is C19H20N4O2S. The van der Waals surface area contributed by atoms with Gasteiger partial charge in [0.15, 0.2) is 5.11 Å². The van der Waals surface area contributed by atoms with Crippen LogP contribution in [-0.4, -0.2) is 23.1 Å². The fourth-order valence-electron chi connectivity index (χ4n) is 2.80. The first-order chi connectivity index (χ1) is 12.6. The van der Waals surface area contributed by atoms with Crippen molar-refractivity contribution in [2.45, 2.75) is 13.3 Å². The van der Waals surface area contributed by atoms with E-state index in [1.165, 1.54) is 0 Å². The van der Waals surface area contributed by atoms with Crippen LogP contribution in [-0.2, 0) is 11.2 Å². The molecule has 0 bridgehead atoms. The highest BCUT2D eigenvalue weighted by atomic mass is 32.1. The summed E-state index contributed by atoms with van der Waals surface area (Å²) in [5.41, 5.74) is 9.04. The average Bonchev–Trinajstić information content (AvgIpc) is 2.96. The fourth-order valence-corrected chi connectivity index (χ4v) is 2.96. The van der Waals surface area contributed by atoms with E-state index in [0.717, 1.165) is 22.2 Å². The van der Waals surface area contributed by atoms with Crippen molar-refractivity contribution in [3.63, 3.8) is 0 Å². The Labute approximate surface area is 156 Å². The number of hydrazine groups is 1. The molecule has 0 radical (unpaired) electrons. The van der Waals surface area contributed by atoms with Crippen molar-refractivity contribution in [1.82, 2.24) is 15.8 Å². The van der Waals surface area contributed by atoms with Gasteiger partial charge >= 0.3 is 0 Å². The topological polar surface area (TPSA) is 78.2 Å². The molecule has 7 heteroatoms. The molecule has 0 saturated heterocycles. The SMILES string of the molecule is COc1ccccc1NC(=S)NNC(=O)Cc1c(C)[nH]c2ccccc12. The smallest absolute Gasteiger partial charge is 0.242 e. The van der Waals surface area contributed by atoms with Crippen LogP contribution in [0.5, 0.6) is 5.75 Å². The van der Waals surface area contributed by atoms with Crippen LogP contribution >= 0.6 is 12.2 Å². The lowest BCUT2D eigenvalue weighted by Crippen LogP contribution is -2.44. The predicted octanol–water partition coefficient (Wildman–Crippen LogP) is 3.05. The average molecular weight is 368 g/mol. The third-order valence-corrected chi connectivity index (χ3v) is 4.24. The summed E-state index contributed by atoms with van der Waals surface area (Å²) in [6.45, 7) is 1.96. The second-order valence-corrected chi connectivity index (χ2v) is 6.19. The fraction of sp³-hybridized carbons (Fsp3) is 0.158. The number of benzene rings is 2. The van der Waals surface area contributed by atoms with Crippen molar-refractivity contribution in [2.24, 2.45) is 0 Å². The van der Waals surface area contributed by atoms with Gasteiger partial charge in [-0.1, -0.05) is 30.3 Å². The second-order valence-electron chi connectivity index (χ2n) is 5.78. The Hall–Kier alpha value is -3.06. The first-order valence-corrected chi connectivity index (χ1v) is 8.54. The van der Waals surface area contributed by atoms with Crippen LogP contribution < -0.4 is 20.9 Å². The summed E-state index contributed by atoms with van der Waals surface area (Å²) in [6, 6.07) is 15.3. The van der Waals surface area contributed by atoms with Crippen LogP contribution in [0.3, 0.4) is 0 Å². The maximum Gasteiger partial charge on any atom is 0.242 e. The number of carbonyl (C=O) groups excluding carboxylic acids is 1. The highest BCUT2D eigenvalue weighted by Crippen LogP contribution is 2.23. The second kappa shape index (κ2) is 7.88. The third-order valence-electron chi connectivity index (χ3n) is 4.03. The lowest BCUT2D eigenvalue weighted by atomic mass is 10.1. The van der Waals surface area contributed by atoms with E-state index in [0.29, 0.717) is 11.4 Å². The van der Waals surface area contributed by atoms with E-state index in [1.54, 1.807) is 7.11 Å². The van der Waals surface area contributed by atoms with Gasteiger partial charge in [-0.05, 0) is 42.9 Å². The van der Waals surface area contributed by atoms with Gasteiger partial charge in [0.05, 0.1) is 19.2 Å². The van der Waals surface area contributed by atoms with Crippen molar-refractivity contribution in [1.29, 1.82) is 0 Å². The molecule has 0 fully saturated rings. The minimum atomic E-state index is -0.179. The number of methoxy groups -OCH3 is 1. The van der Waals surface area contributed by atoms with Crippen LogP contribution in [0.1, 0.15) is 11.3 Å². The normalized spacial score (nSPS) is 10.4. The van der Waals surface area contributed by atoms with Gasteiger partial charge in [-0.15, -0.1) is 0 Å². The highest BCUT2D eigenvalue weighted by Gasteiger charge is 2.12. The van der Waals surface area contributed by atoms with Crippen molar-refractivity contribution in [3.8, 4) is 5.75 Å². The number of aryl methyl sites for hydroxylation is 1. The molecule has 0 atom stereocenters. The standard InChI is InChI=1S/C19H20N4O2S/c1-12-14(13-7-3-4-8-15(13)20-12)11-18(24)22-23-19(26)21-16-9-5-6-10-17(16)25-2/h3-10,20H,11H2,1-2H3,(H,22,24)(H2,21,23,26). The van der Waals surface area contributed by atoms with Crippen LogP contribution in [0.15, 0.2) is 48.5 Å². The van der Waals surface area contributed by atoms with Gasteiger partial charge < -0.3 is 15.0 Å². The number of fused-ring (bicyclic) bond motifs is 1. The van der Waals surface area contributed by atoms with Gasteiger partial charge in [0, 0.05) is 16.6 Å². The third kappa shape index (κ3) is 3.94. The Morgan fingerprint density at radius 3 is 2.65 bits per heavy atom. The number of H-pyrrole nitrogens is 1. The number of thiocarbonyl (C=S) groups is 1. The zero-order chi connectivity index (χ0) is 18.5. The molecule has 1 aromatic heterocycles. The highest BCUT2D eigenvalue weighted by molar-refractivity contribution is 7.80. The van der Waals surface area contributed by atoms with Gasteiger partial charge in [0.25, 0.3) is 0 Å². The molecule has 1 heterocycles. The molecule has 0 spiro atoms. The lowest BCUT2D eigenvalue weighted by Gasteiger charge is -2.14. The minimum absolute atomic E-state index is 0.179. The van der Waals surface area contributed by atoms with E-state index in [9.17, 15) is 4.79 Å². The van der Waals surface area contributed by atoms with E-state index in [1.807, 2.05) is 55.5 Å². The van der Waals surface area contributed by atoms with Crippen LogP contribution in [0.4, 0.5) is 5.69 Å². The molecule has 0 aliphatic heterocycles. The van der Waals surface area contributed by atoms with Crippen molar-refractivity contribution >= 4 is 39.8 Å². The number of anilines is 1. The molecule has 0 unspecified atom stereocenters. The van der Waals surface area contributed by atoms with E-state index in [-0.39, 0.29) is 17.4 Å². The zero-order valence-electron chi connectivity index (χ0n) is 14.6. The first kappa shape index (κ1) is 17.8. The number of hydrogen-bond acceptors (Lipinski definition) is 3. The summed E-state index contributed by atoms with van der Waals surface area (Å²) < 4.78 is 5.26. The van der Waals surface area contributed by atoms with Gasteiger partial charge in [-0.2, -0.15) is 0 Å². The summed E-state index contributed by atoms with van der Waals surface area (Å²) >= 11 is 5.21. The Bertz CT molecular complexity index is 952. The quantitative estimate of drug-likeness (QED) is 0.421. The minimum Gasteiger partial charge on any atom is -0.495 e. The van der Waals surface area contributed by atoms with Crippen LogP contribution in [0.2, 0.25) is 0 Å². The maximum atomic E-state index is 12.3. The molecule has 2 aromatic carbocycles. The molecule has 3 rings (SSSR count). The number of nitrogens with one attached hydrogen (secondary N) is 4. The number of rotatable bonds is 4. The van der Waals surface area contributed by atoms with Gasteiger partial charge in [-0.3, -0.25) is 15.6 Å². The Balaban J connectivity index is 1.58. The summed E-state index contributed by atoms with van der Waals surface area (Å²) in [6.07, 6.45) is 0.250. The van der Waals surface area contributed by atoms with Crippen molar-refractivity contribution in [2.75, 3.05) is 12.4 Å². The monoisotopic (exact) mass is 368 g/mol. The zero-order valence-corrected chi connectivity index (χ0v) is 15.4. The molecule has 1 amide bonds. The number of aromatic amines is 1. The van der Waals surface area contributed by atoms with Crippen molar-refractivity contribution < 1.29 is 9.53 Å². The summed E-state index contributed by atoms with van der Waals surface area (Å²) in [7, 11) is 1.59. The molecule has 3 aromatic rings. The molecule has 134 valence electrons. The largest absolute Gasteiger partial charge is 0.495 e. The molecule has 0 aliphatic rings. The molecule has 4 N–H and O–H groups in total. The van der Waals surface area contributed by atoms with Gasteiger partial charge in [0.2, 0.25) is 5.91 Å². The molecule has 26 heavy (non-hydrogen) atoms. The van der Waals surface area contributed by atoms with Crippen LogP contribution in [0, 0.1) is 6.92 Å². The maximum absolute atomic E-state index is 12.3. The Kier molecular flexibility index (Phi) is 5.38. The lowest BCUT2D eigenvalue weighted by molar-refractivity contribution is -0.120. The number of aromatic nitrogens is 1. The van der Waals surface area contributed by atoms with Gasteiger partial charge in [0.1, 0.15) is 5.75 Å². The summed E-state index contributed by atoms with van der Waals surface area (Å²) in [5, 5.41) is 4.32. The van der Waals surface area contributed by atoms with E-state index < -0.39 is 0 Å². The Morgan fingerprint density at radius 2 is 1.85 bits per heavy atom. The number of ether oxygens (including phenoxy) is 1.